The van der Waals surface area contributed by atoms with Crippen LogP contribution in [0.3, 0.4) is 0 Å². The van der Waals surface area contributed by atoms with Crippen LogP contribution in [0.2, 0.25) is 0 Å². The lowest BCUT2D eigenvalue weighted by Gasteiger charge is -2.20. The molecule has 102 valence electrons. The summed E-state index contributed by atoms with van der Waals surface area (Å²) in [6.07, 6.45) is 1.12. The Morgan fingerprint density at radius 1 is 1.05 bits per heavy atom. The van der Waals surface area contributed by atoms with Crippen molar-refractivity contribution in [3.05, 3.63) is 58.5 Å². The fourth-order valence-corrected chi connectivity index (χ4v) is 2.56. The predicted molar refractivity (Wildman–Crippen MR) is 79.5 cm³/mol. The van der Waals surface area contributed by atoms with E-state index < -0.39 is 0 Å². The molecule has 0 aliphatic carbocycles. The van der Waals surface area contributed by atoms with Gasteiger partial charge in [-0.3, -0.25) is 0 Å². The van der Waals surface area contributed by atoms with Gasteiger partial charge in [0.1, 0.15) is 11.5 Å². The molecule has 0 aliphatic heterocycles. The van der Waals surface area contributed by atoms with Gasteiger partial charge in [-0.1, -0.05) is 37.3 Å². The van der Waals surface area contributed by atoms with Crippen LogP contribution in [0.5, 0.6) is 0 Å². The standard InChI is InChI=1S/C17H23NO/c1-5-11-18-17(15-9-7-6-8-10-15)16-12(2)13(3)19-14(16)4/h6-10,17-18H,5,11H2,1-4H3. The van der Waals surface area contributed by atoms with E-state index in [1.54, 1.807) is 0 Å². The molecule has 2 aromatic rings. The average molecular weight is 257 g/mol. The molecule has 0 amide bonds. The second-order valence-corrected chi connectivity index (χ2v) is 5.05. The third-order valence-electron chi connectivity index (χ3n) is 3.64. The molecule has 19 heavy (non-hydrogen) atoms. The molecule has 2 nitrogen and oxygen atoms in total. The molecule has 2 rings (SSSR count). The molecule has 0 aliphatic rings. The Balaban J connectivity index is 2.43. The van der Waals surface area contributed by atoms with Gasteiger partial charge in [-0.2, -0.15) is 0 Å². The molecule has 0 bridgehead atoms. The van der Waals surface area contributed by atoms with Crippen LogP contribution < -0.4 is 5.32 Å². The molecule has 0 fully saturated rings. The van der Waals surface area contributed by atoms with Crippen molar-refractivity contribution in [2.75, 3.05) is 6.54 Å². The zero-order valence-corrected chi connectivity index (χ0v) is 12.3. The Labute approximate surface area is 115 Å². The summed E-state index contributed by atoms with van der Waals surface area (Å²) in [5.74, 6) is 2.04. The molecule has 0 saturated carbocycles. The van der Waals surface area contributed by atoms with Crippen molar-refractivity contribution in [1.82, 2.24) is 5.32 Å². The maximum Gasteiger partial charge on any atom is 0.106 e. The van der Waals surface area contributed by atoms with Crippen LogP contribution in [0.15, 0.2) is 34.7 Å². The summed E-state index contributed by atoms with van der Waals surface area (Å²) < 4.78 is 5.79. The maximum atomic E-state index is 5.79. The van der Waals surface area contributed by atoms with E-state index in [9.17, 15) is 0 Å². The van der Waals surface area contributed by atoms with Gasteiger partial charge in [-0.15, -0.1) is 0 Å². The molecule has 1 aromatic carbocycles. The lowest BCUT2D eigenvalue weighted by molar-refractivity contribution is 0.493. The largest absolute Gasteiger partial charge is 0.466 e. The highest BCUT2D eigenvalue weighted by Gasteiger charge is 2.21. The first-order valence-electron chi connectivity index (χ1n) is 7.00. The fourth-order valence-electron chi connectivity index (χ4n) is 2.56. The van der Waals surface area contributed by atoms with Crippen molar-refractivity contribution in [2.45, 2.75) is 40.2 Å². The van der Waals surface area contributed by atoms with Crippen LogP contribution in [0, 0.1) is 20.8 Å². The SMILES string of the molecule is CCCNC(c1ccccc1)c1c(C)oc(C)c1C. The zero-order chi connectivity index (χ0) is 13.8. The molecule has 1 heterocycles. The highest BCUT2D eigenvalue weighted by Crippen LogP contribution is 2.31. The van der Waals surface area contributed by atoms with Gasteiger partial charge in [-0.25, -0.2) is 0 Å². The van der Waals surface area contributed by atoms with E-state index in [0.717, 1.165) is 24.5 Å². The first-order valence-corrected chi connectivity index (χ1v) is 7.00. The van der Waals surface area contributed by atoms with Crippen molar-refractivity contribution in [1.29, 1.82) is 0 Å². The monoisotopic (exact) mass is 257 g/mol. The quantitative estimate of drug-likeness (QED) is 0.864. The fraction of sp³-hybridized carbons (Fsp3) is 0.412. The lowest BCUT2D eigenvalue weighted by Crippen LogP contribution is -2.24. The van der Waals surface area contributed by atoms with Gasteiger partial charge in [-0.05, 0) is 44.9 Å². The Morgan fingerprint density at radius 2 is 1.74 bits per heavy atom. The smallest absolute Gasteiger partial charge is 0.106 e. The molecule has 0 spiro atoms. The number of aryl methyl sites for hydroxylation is 2. The second kappa shape index (κ2) is 6.07. The van der Waals surface area contributed by atoms with Crippen LogP contribution in [-0.4, -0.2) is 6.54 Å². The van der Waals surface area contributed by atoms with Crippen LogP contribution >= 0.6 is 0 Å². The van der Waals surface area contributed by atoms with Gasteiger partial charge in [0.2, 0.25) is 0 Å². The minimum absolute atomic E-state index is 0.221. The Morgan fingerprint density at radius 3 is 2.26 bits per heavy atom. The van der Waals surface area contributed by atoms with Crippen molar-refractivity contribution >= 4 is 0 Å². The van der Waals surface area contributed by atoms with Gasteiger partial charge < -0.3 is 9.73 Å². The third-order valence-corrected chi connectivity index (χ3v) is 3.64. The molecule has 0 saturated heterocycles. The van der Waals surface area contributed by atoms with Crippen LogP contribution in [-0.2, 0) is 0 Å². The molecule has 1 unspecified atom stereocenters. The van der Waals surface area contributed by atoms with Gasteiger partial charge in [0.05, 0.1) is 6.04 Å². The first-order chi connectivity index (χ1) is 9.15. The van der Waals surface area contributed by atoms with Crippen molar-refractivity contribution < 1.29 is 4.42 Å². The first kappa shape index (κ1) is 13.9. The highest BCUT2D eigenvalue weighted by atomic mass is 16.3. The average Bonchev–Trinajstić information content (AvgIpc) is 2.67. The Kier molecular flexibility index (Phi) is 4.43. The van der Waals surface area contributed by atoms with Crippen molar-refractivity contribution in [3.8, 4) is 0 Å². The topological polar surface area (TPSA) is 25.2 Å². The number of rotatable bonds is 5. The molecule has 1 N–H and O–H groups in total. The van der Waals surface area contributed by atoms with Crippen molar-refractivity contribution in [3.63, 3.8) is 0 Å². The number of hydrogen-bond donors (Lipinski definition) is 1. The summed E-state index contributed by atoms with van der Waals surface area (Å²) in [6.45, 7) is 9.43. The maximum absolute atomic E-state index is 5.79. The summed E-state index contributed by atoms with van der Waals surface area (Å²) in [5.41, 5.74) is 3.84. The number of hydrogen-bond acceptors (Lipinski definition) is 2. The summed E-state index contributed by atoms with van der Waals surface area (Å²) in [7, 11) is 0. The van der Waals surface area contributed by atoms with E-state index >= 15 is 0 Å². The summed E-state index contributed by atoms with van der Waals surface area (Å²) in [4.78, 5) is 0. The van der Waals surface area contributed by atoms with Gasteiger partial charge in [0, 0.05) is 5.56 Å². The molecule has 2 heteroatoms. The number of nitrogens with one attached hydrogen (secondary N) is 1. The Bertz CT molecular complexity index is 528. The molecule has 0 radical (unpaired) electrons. The predicted octanol–water partition coefficient (Wildman–Crippen LogP) is 4.29. The van der Waals surface area contributed by atoms with E-state index in [1.165, 1.54) is 16.7 Å². The minimum atomic E-state index is 0.221. The van der Waals surface area contributed by atoms with E-state index in [4.69, 9.17) is 4.42 Å². The van der Waals surface area contributed by atoms with Crippen molar-refractivity contribution in [2.24, 2.45) is 0 Å². The van der Waals surface area contributed by atoms with E-state index in [2.05, 4.69) is 56.4 Å². The van der Waals surface area contributed by atoms with E-state index in [0.29, 0.717) is 0 Å². The van der Waals surface area contributed by atoms with Crippen LogP contribution in [0.25, 0.3) is 0 Å². The summed E-state index contributed by atoms with van der Waals surface area (Å²) >= 11 is 0. The van der Waals surface area contributed by atoms with Crippen LogP contribution in [0.4, 0.5) is 0 Å². The number of benzene rings is 1. The molecular weight excluding hydrogens is 234 g/mol. The van der Waals surface area contributed by atoms with Gasteiger partial charge in [0.15, 0.2) is 0 Å². The molecular formula is C17H23NO. The van der Waals surface area contributed by atoms with Gasteiger partial charge >= 0.3 is 0 Å². The lowest BCUT2D eigenvalue weighted by atomic mass is 9.95. The zero-order valence-electron chi connectivity index (χ0n) is 12.3. The third kappa shape index (κ3) is 2.90. The molecule has 1 atom stereocenters. The highest BCUT2D eigenvalue weighted by molar-refractivity contribution is 5.40. The minimum Gasteiger partial charge on any atom is -0.466 e. The normalized spacial score (nSPS) is 12.6. The second-order valence-electron chi connectivity index (χ2n) is 5.05. The Hall–Kier alpha value is -1.54. The summed E-state index contributed by atoms with van der Waals surface area (Å²) in [6, 6.07) is 10.8. The molecule has 1 aromatic heterocycles. The number of furan rings is 1. The van der Waals surface area contributed by atoms with E-state index in [1.807, 2.05) is 6.92 Å². The van der Waals surface area contributed by atoms with Gasteiger partial charge in [0.25, 0.3) is 0 Å². The van der Waals surface area contributed by atoms with E-state index in [-0.39, 0.29) is 6.04 Å². The summed E-state index contributed by atoms with van der Waals surface area (Å²) in [5, 5.41) is 3.64. The van der Waals surface area contributed by atoms with Crippen LogP contribution in [0.1, 0.15) is 47.6 Å².